The zero-order valence-electron chi connectivity index (χ0n) is 10.1. The van der Waals surface area contributed by atoms with E-state index in [-0.39, 0.29) is 0 Å². The molecule has 2 aromatic rings. The smallest absolute Gasteiger partial charge is 0.0462 e. The van der Waals surface area contributed by atoms with Crippen molar-refractivity contribution in [3.63, 3.8) is 0 Å². The van der Waals surface area contributed by atoms with Crippen molar-refractivity contribution in [2.24, 2.45) is 0 Å². The first-order valence-electron chi connectivity index (χ1n) is 5.71. The number of halogens is 2. The van der Waals surface area contributed by atoms with Crippen LogP contribution < -0.4 is 5.32 Å². The summed E-state index contributed by atoms with van der Waals surface area (Å²) in [4.78, 5) is 4.26. The molecule has 1 heterocycles. The third kappa shape index (κ3) is 3.80. The number of benzene rings is 1. The van der Waals surface area contributed by atoms with Gasteiger partial charge in [-0.2, -0.15) is 0 Å². The van der Waals surface area contributed by atoms with E-state index in [1.807, 2.05) is 37.4 Å². The number of aromatic nitrogens is 1. The molecule has 94 valence electrons. The van der Waals surface area contributed by atoms with Gasteiger partial charge in [-0.3, -0.25) is 4.98 Å². The van der Waals surface area contributed by atoms with Gasteiger partial charge in [-0.05, 0) is 36.2 Å². The van der Waals surface area contributed by atoms with E-state index < -0.39 is 0 Å². The van der Waals surface area contributed by atoms with Crippen molar-refractivity contribution in [3.8, 4) is 0 Å². The summed E-state index contributed by atoms with van der Waals surface area (Å²) >= 11 is 9.54. The third-order valence-corrected chi connectivity index (χ3v) is 3.48. The van der Waals surface area contributed by atoms with Crippen LogP contribution >= 0.6 is 27.5 Å². The Hall–Kier alpha value is -0.900. The average Bonchev–Trinajstić information content (AvgIpc) is 2.34. The molecule has 0 saturated heterocycles. The fourth-order valence-corrected chi connectivity index (χ4v) is 2.35. The number of hydrogen-bond acceptors (Lipinski definition) is 2. The van der Waals surface area contributed by atoms with E-state index in [2.05, 4.69) is 32.3 Å². The summed E-state index contributed by atoms with van der Waals surface area (Å²) in [5.41, 5.74) is 3.31. The molecule has 0 radical (unpaired) electrons. The first-order valence-corrected chi connectivity index (χ1v) is 6.88. The highest BCUT2D eigenvalue weighted by Gasteiger charge is 2.01. The van der Waals surface area contributed by atoms with Crippen LogP contribution in [-0.2, 0) is 13.1 Å². The lowest BCUT2D eigenvalue weighted by molar-refractivity contribution is 0.691. The van der Waals surface area contributed by atoms with E-state index in [1.165, 1.54) is 5.56 Å². The second-order valence-corrected chi connectivity index (χ2v) is 5.47. The lowest BCUT2D eigenvalue weighted by atomic mass is 10.2. The Kier molecular flexibility index (Phi) is 4.75. The van der Waals surface area contributed by atoms with Gasteiger partial charge < -0.3 is 5.32 Å². The zero-order chi connectivity index (χ0) is 13.0. The Bertz CT molecular complexity index is 526. The molecule has 0 atom stereocenters. The van der Waals surface area contributed by atoms with E-state index in [9.17, 15) is 0 Å². The fourth-order valence-electron chi connectivity index (χ4n) is 1.61. The maximum atomic E-state index is 6.15. The first kappa shape index (κ1) is 13.5. The van der Waals surface area contributed by atoms with E-state index in [4.69, 9.17) is 11.6 Å². The summed E-state index contributed by atoms with van der Waals surface area (Å²) in [6, 6.07) is 10.0. The molecule has 0 fully saturated rings. The maximum absolute atomic E-state index is 6.15. The monoisotopic (exact) mass is 324 g/mol. The van der Waals surface area contributed by atoms with E-state index in [0.717, 1.165) is 33.8 Å². The molecule has 18 heavy (non-hydrogen) atoms. The highest BCUT2D eigenvalue weighted by Crippen LogP contribution is 2.21. The van der Waals surface area contributed by atoms with Crippen LogP contribution in [0.4, 0.5) is 0 Å². The van der Waals surface area contributed by atoms with Crippen LogP contribution in [-0.4, -0.2) is 4.98 Å². The summed E-state index contributed by atoms with van der Waals surface area (Å²) < 4.78 is 0.999. The Morgan fingerprint density at radius 1 is 1.22 bits per heavy atom. The molecule has 0 aliphatic heterocycles. The van der Waals surface area contributed by atoms with Crippen LogP contribution in [0.25, 0.3) is 0 Å². The fraction of sp³-hybridized carbons (Fsp3) is 0.214. The van der Waals surface area contributed by atoms with Gasteiger partial charge in [0.1, 0.15) is 0 Å². The van der Waals surface area contributed by atoms with Gasteiger partial charge in [-0.15, -0.1) is 0 Å². The molecule has 1 aromatic heterocycles. The highest BCUT2D eigenvalue weighted by molar-refractivity contribution is 9.10. The number of hydrogen-bond donors (Lipinski definition) is 1. The molecule has 1 aromatic carbocycles. The normalized spacial score (nSPS) is 10.6. The topological polar surface area (TPSA) is 24.9 Å². The van der Waals surface area contributed by atoms with Gasteiger partial charge in [0, 0.05) is 34.5 Å². The number of aryl methyl sites for hydroxylation is 1. The van der Waals surface area contributed by atoms with Crippen LogP contribution in [0, 0.1) is 6.92 Å². The molecule has 0 saturated carbocycles. The summed E-state index contributed by atoms with van der Waals surface area (Å²) in [6.45, 7) is 3.53. The molecule has 2 nitrogen and oxygen atoms in total. The standard InChI is InChI=1S/C14H14BrClN2/c1-10-2-3-11(8-18-10)7-17-9-12-4-5-13(15)6-14(12)16/h2-6,8,17H,7,9H2,1H3. The minimum atomic E-state index is 0.750. The van der Waals surface area contributed by atoms with Crippen LogP contribution in [0.2, 0.25) is 5.02 Å². The van der Waals surface area contributed by atoms with Gasteiger partial charge in [0.05, 0.1) is 0 Å². The second kappa shape index (κ2) is 6.32. The Balaban J connectivity index is 1.90. The Labute approximate surface area is 121 Å². The Morgan fingerprint density at radius 3 is 2.72 bits per heavy atom. The highest BCUT2D eigenvalue weighted by atomic mass is 79.9. The second-order valence-electron chi connectivity index (χ2n) is 4.15. The predicted molar refractivity (Wildman–Crippen MR) is 78.7 cm³/mol. The third-order valence-electron chi connectivity index (χ3n) is 2.63. The van der Waals surface area contributed by atoms with Crippen molar-refractivity contribution in [2.45, 2.75) is 20.0 Å². The van der Waals surface area contributed by atoms with E-state index >= 15 is 0 Å². The number of nitrogens with zero attached hydrogens (tertiary/aromatic N) is 1. The predicted octanol–water partition coefficient (Wildman–Crippen LogP) is 4.10. The van der Waals surface area contributed by atoms with Crippen molar-refractivity contribution in [1.29, 1.82) is 0 Å². The molecule has 0 unspecified atom stereocenters. The van der Waals surface area contributed by atoms with Crippen LogP contribution in [0.3, 0.4) is 0 Å². The molecular formula is C14H14BrClN2. The summed E-state index contributed by atoms with van der Waals surface area (Å²) in [6.07, 6.45) is 1.89. The number of pyridine rings is 1. The molecular weight excluding hydrogens is 312 g/mol. The minimum absolute atomic E-state index is 0.750. The lowest BCUT2D eigenvalue weighted by Crippen LogP contribution is -2.13. The minimum Gasteiger partial charge on any atom is -0.309 e. The summed E-state index contributed by atoms with van der Waals surface area (Å²) in [5.74, 6) is 0. The molecule has 1 N–H and O–H groups in total. The van der Waals surface area contributed by atoms with Gasteiger partial charge in [-0.1, -0.05) is 39.7 Å². The van der Waals surface area contributed by atoms with Gasteiger partial charge in [-0.25, -0.2) is 0 Å². The molecule has 4 heteroatoms. The van der Waals surface area contributed by atoms with Crippen LogP contribution in [0.15, 0.2) is 41.0 Å². The summed E-state index contributed by atoms with van der Waals surface area (Å²) in [7, 11) is 0. The van der Waals surface area contributed by atoms with Crippen molar-refractivity contribution in [2.75, 3.05) is 0 Å². The van der Waals surface area contributed by atoms with Crippen molar-refractivity contribution >= 4 is 27.5 Å². The van der Waals surface area contributed by atoms with Crippen molar-refractivity contribution in [1.82, 2.24) is 10.3 Å². The Morgan fingerprint density at radius 2 is 2.06 bits per heavy atom. The van der Waals surface area contributed by atoms with Gasteiger partial charge >= 0.3 is 0 Å². The van der Waals surface area contributed by atoms with Gasteiger partial charge in [0.25, 0.3) is 0 Å². The molecule has 0 bridgehead atoms. The average molecular weight is 326 g/mol. The number of rotatable bonds is 4. The van der Waals surface area contributed by atoms with Crippen molar-refractivity contribution < 1.29 is 0 Å². The zero-order valence-corrected chi connectivity index (χ0v) is 12.4. The molecule has 0 aliphatic rings. The van der Waals surface area contributed by atoms with Gasteiger partial charge in [0.15, 0.2) is 0 Å². The lowest BCUT2D eigenvalue weighted by Gasteiger charge is -2.07. The quantitative estimate of drug-likeness (QED) is 0.915. The number of nitrogens with one attached hydrogen (secondary N) is 1. The van der Waals surface area contributed by atoms with Crippen LogP contribution in [0.1, 0.15) is 16.8 Å². The molecule has 0 aliphatic carbocycles. The molecule has 0 amide bonds. The summed E-state index contributed by atoms with van der Waals surface area (Å²) in [5, 5.41) is 4.13. The van der Waals surface area contributed by atoms with Crippen molar-refractivity contribution in [3.05, 3.63) is 62.8 Å². The van der Waals surface area contributed by atoms with E-state index in [1.54, 1.807) is 0 Å². The van der Waals surface area contributed by atoms with E-state index in [0.29, 0.717) is 0 Å². The molecule has 0 spiro atoms. The first-order chi connectivity index (χ1) is 8.65. The van der Waals surface area contributed by atoms with Crippen LogP contribution in [0.5, 0.6) is 0 Å². The maximum Gasteiger partial charge on any atom is 0.0462 e. The molecule has 2 rings (SSSR count). The van der Waals surface area contributed by atoms with Gasteiger partial charge in [0.2, 0.25) is 0 Å². The largest absolute Gasteiger partial charge is 0.309 e. The SMILES string of the molecule is Cc1ccc(CNCc2ccc(Br)cc2Cl)cn1.